The van der Waals surface area contributed by atoms with E-state index in [0.29, 0.717) is 5.69 Å². The minimum atomic E-state index is -0.598. The molecule has 0 bridgehead atoms. The summed E-state index contributed by atoms with van der Waals surface area (Å²) >= 11 is 5.79. The summed E-state index contributed by atoms with van der Waals surface area (Å²) < 4.78 is 5.57. The van der Waals surface area contributed by atoms with Gasteiger partial charge in [0.05, 0.1) is 4.92 Å². The van der Waals surface area contributed by atoms with Gasteiger partial charge >= 0.3 is 5.69 Å². The molecule has 3 aromatic carbocycles. The number of nitro groups is 1. The van der Waals surface area contributed by atoms with Gasteiger partial charge in [-0.3, -0.25) is 14.9 Å². The van der Waals surface area contributed by atoms with E-state index in [2.05, 4.69) is 5.32 Å². The van der Waals surface area contributed by atoms with Crippen molar-refractivity contribution < 1.29 is 19.6 Å². The molecule has 7 nitrogen and oxygen atoms in total. The van der Waals surface area contributed by atoms with Crippen LogP contribution in [0.4, 0.5) is 11.4 Å². The quantitative estimate of drug-likeness (QED) is 0.476. The first-order valence-electron chi connectivity index (χ1n) is 7.74. The number of benzene rings is 3. The number of rotatable bonds is 5. The van der Waals surface area contributed by atoms with Gasteiger partial charge in [0.1, 0.15) is 11.5 Å². The van der Waals surface area contributed by atoms with Gasteiger partial charge in [0.25, 0.3) is 5.91 Å². The van der Waals surface area contributed by atoms with Crippen molar-refractivity contribution in [3.8, 4) is 17.2 Å². The number of amides is 1. The number of nitrogens with zero attached hydrogens (tertiary/aromatic N) is 1. The van der Waals surface area contributed by atoms with Gasteiger partial charge in [0, 0.05) is 28.4 Å². The number of phenols is 1. The van der Waals surface area contributed by atoms with Gasteiger partial charge in [-0.15, -0.1) is 0 Å². The van der Waals surface area contributed by atoms with Crippen LogP contribution in [0.15, 0.2) is 66.7 Å². The van der Waals surface area contributed by atoms with Gasteiger partial charge in [-0.05, 0) is 42.5 Å². The van der Waals surface area contributed by atoms with Crippen molar-refractivity contribution in [1.82, 2.24) is 0 Å². The highest BCUT2D eigenvalue weighted by Crippen LogP contribution is 2.33. The third kappa shape index (κ3) is 4.53. The second kappa shape index (κ2) is 7.76. The average molecular weight is 385 g/mol. The Bertz CT molecular complexity index is 1020. The molecule has 0 saturated carbocycles. The third-order valence-corrected chi connectivity index (χ3v) is 3.78. The molecule has 8 heteroatoms. The molecule has 0 spiro atoms. The Balaban J connectivity index is 1.82. The fraction of sp³-hybridized carbons (Fsp3) is 0. The Labute approximate surface area is 158 Å². The van der Waals surface area contributed by atoms with Crippen LogP contribution in [0.1, 0.15) is 10.4 Å². The molecular formula is C19H13ClN2O5. The first kappa shape index (κ1) is 18.2. The number of carbonyl (C=O) groups excluding carboxylic acids is 1. The van der Waals surface area contributed by atoms with Gasteiger partial charge in [0.15, 0.2) is 0 Å². The van der Waals surface area contributed by atoms with Crippen LogP contribution < -0.4 is 10.1 Å². The van der Waals surface area contributed by atoms with Gasteiger partial charge in [0.2, 0.25) is 5.75 Å². The van der Waals surface area contributed by atoms with Crippen molar-refractivity contribution in [1.29, 1.82) is 0 Å². The lowest BCUT2D eigenvalue weighted by Crippen LogP contribution is -2.11. The van der Waals surface area contributed by atoms with Crippen molar-refractivity contribution >= 4 is 28.9 Å². The lowest BCUT2D eigenvalue weighted by atomic mass is 10.2. The lowest BCUT2D eigenvalue weighted by Gasteiger charge is -2.09. The Morgan fingerprint density at radius 1 is 1.07 bits per heavy atom. The van der Waals surface area contributed by atoms with Gasteiger partial charge < -0.3 is 15.2 Å². The second-order valence-electron chi connectivity index (χ2n) is 5.50. The summed E-state index contributed by atoms with van der Waals surface area (Å²) in [5, 5.41) is 23.5. The van der Waals surface area contributed by atoms with E-state index in [4.69, 9.17) is 16.3 Å². The van der Waals surface area contributed by atoms with E-state index in [1.165, 1.54) is 36.4 Å². The van der Waals surface area contributed by atoms with E-state index < -0.39 is 10.8 Å². The number of hydrogen-bond acceptors (Lipinski definition) is 5. The Morgan fingerprint density at radius 3 is 2.59 bits per heavy atom. The highest BCUT2D eigenvalue weighted by atomic mass is 35.5. The Kier molecular flexibility index (Phi) is 5.23. The number of nitrogens with one attached hydrogen (secondary N) is 1. The summed E-state index contributed by atoms with van der Waals surface area (Å²) in [5.74, 6) is -0.129. The molecule has 0 aliphatic carbocycles. The van der Waals surface area contributed by atoms with Crippen LogP contribution in [-0.4, -0.2) is 15.9 Å². The minimum Gasteiger partial charge on any atom is -0.508 e. The van der Waals surface area contributed by atoms with Crippen molar-refractivity contribution in [3.05, 3.63) is 87.4 Å². The molecule has 0 heterocycles. The number of hydrogen-bond donors (Lipinski definition) is 2. The maximum absolute atomic E-state index is 12.4. The molecule has 3 aromatic rings. The van der Waals surface area contributed by atoms with Gasteiger partial charge in [-0.25, -0.2) is 0 Å². The average Bonchev–Trinajstić information content (AvgIpc) is 2.63. The summed E-state index contributed by atoms with van der Waals surface area (Å²) in [6.45, 7) is 0. The minimum absolute atomic E-state index is 0.00920. The summed E-state index contributed by atoms with van der Waals surface area (Å²) in [7, 11) is 0. The van der Waals surface area contributed by atoms with Crippen molar-refractivity contribution in [2.24, 2.45) is 0 Å². The SMILES string of the molecule is O=C(Nc1cccc(O)c1)c1cccc(Oc2ccc(Cl)cc2[N+](=O)[O-])c1. The smallest absolute Gasteiger partial charge is 0.313 e. The van der Waals surface area contributed by atoms with Crippen molar-refractivity contribution in [3.63, 3.8) is 0 Å². The molecular weight excluding hydrogens is 372 g/mol. The van der Waals surface area contributed by atoms with Crippen LogP contribution in [-0.2, 0) is 0 Å². The van der Waals surface area contributed by atoms with Gasteiger partial charge in [-0.2, -0.15) is 0 Å². The largest absolute Gasteiger partial charge is 0.508 e. The zero-order valence-corrected chi connectivity index (χ0v) is 14.5. The topological polar surface area (TPSA) is 102 Å². The zero-order chi connectivity index (χ0) is 19.4. The van der Waals surface area contributed by atoms with Crippen LogP contribution in [0.25, 0.3) is 0 Å². The van der Waals surface area contributed by atoms with Crippen LogP contribution in [0.2, 0.25) is 5.02 Å². The number of carbonyl (C=O) groups is 1. The predicted octanol–water partition coefficient (Wildman–Crippen LogP) is 5.00. The molecule has 2 N–H and O–H groups in total. The van der Waals surface area contributed by atoms with E-state index in [1.807, 2.05) is 0 Å². The maximum atomic E-state index is 12.4. The molecule has 27 heavy (non-hydrogen) atoms. The van der Waals surface area contributed by atoms with E-state index in [1.54, 1.807) is 30.3 Å². The molecule has 1 amide bonds. The van der Waals surface area contributed by atoms with Gasteiger partial charge in [-0.1, -0.05) is 23.7 Å². The highest BCUT2D eigenvalue weighted by molar-refractivity contribution is 6.30. The fourth-order valence-electron chi connectivity index (χ4n) is 2.33. The number of ether oxygens (including phenoxy) is 1. The molecule has 0 radical (unpaired) electrons. The first-order chi connectivity index (χ1) is 12.9. The van der Waals surface area contributed by atoms with E-state index in [9.17, 15) is 20.0 Å². The van der Waals surface area contributed by atoms with Crippen molar-refractivity contribution in [2.45, 2.75) is 0 Å². The molecule has 0 unspecified atom stereocenters. The second-order valence-corrected chi connectivity index (χ2v) is 5.94. The number of phenolic OH excluding ortho intramolecular Hbond substituents is 1. The lowest BCUT2D eigenvalue weighted by molar-refractivity contribution is -0.385. The zero-order valence-electron chi connectivity index (χ0n) is 13.8. The molecule has 0 saturated heterocycles. The highest BCUT2D eigenvalue weighted by Gasteiger charge is 2.17. The maximum Gasteiger partial charge on any atom is 0.313 e. The summed E-state index contributed by atoms with van der Waals surface area (Å²) in [5.41, 5.74) is 0.434. The molecule has 0 aromatic heterocycles. The third-order valence-electron chi connectivity index (χ3n) is 3.55. The number of halogens is 1. The monoisotopic (exact) mass is 384 g/mol. The van der Waals surface area contributed by atoms with Crippen molar-refractivity contribution in [2.75, 3.05) is 5.32 Å². The van der Waals surface area contributed by atoms with Crippen LogP contribution in [0.5, 0.6) is 17.2 Å². The first-order valence-corrected chi connectivity index (χ1v) is 8.12. The molecule has 0 fully saturated rings. The Hall–Kier alpha value is -3.58. The predicted molar refractivity (Wildman–Crippen MR) is 101 cm³/mol. The van der Waals surface area contributed by atoms with Crippen LogP contribution in [0, 0.1) is 10.1 Å². The molecule has 136 valence electrons. The molecule has 0 atom stereocenters. The van der Waals surface area contributed by atoms with Crippen LogP contribution >= 0.6 is 11.6 Å². The Morgan fingerprint density at radius 2 is 1.85 bits per heavy atom. The summed E-state index contributed by atoms with van der Waals surface area (Å²) in [6, 6.07) is 16.4. The summed E-state index contributed by atoms with van der Waals surface area (Å²) in [6.07, 6.45) is 0. The molecule has 0 aliphatic heterocycles. The van der Waals surface area contributed by atoms with E-state index in [-0.39, 0.29) is 33.5 Å². The van der Waals surface area contributed by atoms with Crippen LogP contribution in [0.3, 0.4) is 0 Å². The number of anilines is 1. The summed E-state index contributed by atoms with van der Waals surface area (Å²) in [4.78, 5) is 22.9. The normalized spacial score (nSPS) is 10.3. The fourth-order valence-corrected chi connectivity index (χ4v) is 2.50. The van der Waals surface area contributed by atoms with E-state index >= 15 is 0 Å². The number of aromatic hydroxyl groups is 1. The number of nitro benzene ring substituents is 1. The molecule has 3 rings (SSSR count). The molecule has 0 aliphatic rings. The van der Waals surface area contributed by atoms with E-state index in [0.717, 1.165) is 0 Å². The standard InChI is InChI=1S/C19H13ClN2O5/c20-13-7-8-18(17(10-13)22(25)26)27-16-6-1-3-12(9-16)19(24)21-14-4-2-5-15(23)11-14/h1-11,23H,(H,21,24).